The van der Waals surface area contributed by atoms with Crippen molar-refractivity contribution in [3.63, 3.8) is 0 Å². The van der Waals surface area contributed by atoms with Gasteiger partial charge in [-0.2, -0.15) is 0 Å². The molecule has 2 aromatic heterocycles. The number of nitrogens with two attached hydrogens (primary N) is 1. The van der Waals surface area contributed by atoms with Crippen LogP contribution in [0.4, 0.5) is 5.82 Å². The Morgan fingerprint density at radius 2 is 2.06 bits per heavy atom. The van der Waals surface area contributed by atoms with E-state index in [1.165, 1.54) is 16.5 Å². The van der Waals surface area contributed by atoms with Crippen molar-refractivity contribution >= 4 is 28.7 Å². The van der Waals surface area contributed by atoms with Crippen LogP contribution < -0.4 is 5.73 Å². The molecule has 1 saturated heterocycles. The highest BCUT2D eigenvalue weighted by atomic mass is 16.5. The minimum absolute atomic E-state index is 0.0569. The Kier molecular flexibility index (Phi) is 6.58. The first-order chi connectivity index (χ1) is 15.4. The smallest absolute Gasteiger partial charge is 0.246 e. The highest BCUT2D eigenvalue weighted by Crippen LogP contribution is 2.23. The quantitative estimate of drug-likeness (QED) is 0.605. The predicted molar refractivity (Wildman–Crippen MR) is 128 cm³/mol. The van der Waals surface area contributed by atoms with E-state index in [2.05, 4.69) is 52.7 Å². The molecule has 3 aromatic rings. The Balaban J connectivity index is 1.43. The van der Waals surface area contributed by atoms with E-state index in [9.17, 15) is 4.79 Å². The van der Waals surface area contributed by atoms with Crippen LogP contribution in [-0.2, 0) is 29.7 Å². The molecule has 3 heterocycles. The van der Waals surface area contributed by atoms with Gasteiger partial charge in [0.25, 0.3) is 0 Å². The van der Waals surface area contributed by atoms with E-state index in [4.69, 9.17) is 10.5 Å². The molecule has 0 atom stereocenters. The molecule has 4 rings (SSSR count). The van der Waals surface area contributed by atoms with Gasteiger partial charge in [-0.05, 0) is 36.3 Å². The SMILES string of the molecule is Cc1cccc2cc(CN(C)C(=O)C=Cc3cnc(N)c(CN4CCOCC4)c3)n(C)c12. The molecule has 0 saturated carbocycles. The lowest BCUT2D eigenvalue weighted by molar-refractivity contribution is -0.125. The number of aryl methyl sites for hydroxylation is 2. The van der Waals surface area contributed by atoms with Gasteiger partial charge in [-0.3, -0.25) is 9.69 Å². The zero-order valence-electron chi connectivity index (χ0n) is 19.0. The highest BCUT2D eigenvalue weighted by molar-refractivity contribution is 5.91. The van der Waals surface area contributed by atoms with Crippen LogP contribution in [0.2, 0.25) is 0 Å². The molecule has 1 aromatic carbocycles. The van der Waals surface area contributed by atoms with Crippen LogP contribution in [0.25, 0.3) is 17.0 Å². The van der Waals surface area contributed by atoms with Crippen LogP contribution in [0, 0.1) is 6.92 Å². The molecular formula is C25H31N5O2. The lowest BCUT2D eigenvalue weighted by Crippen LogP contribution is -2.35. The normalized spacial score (nSPS) is 15.0. The number of hydrogen-bond donors (Lipinski definition) is 1. The molecule has 1 fully saturated rings. The van der Waals surface area contributed by atoms with Crippen LogP contribution in [-0.4, -0.2) is 58.6 Å². The number of pyridine rings is 1. The molecule has 1 aliphatic rings. The molecule has 7 heteroatoms. The summed E-state index contributed by atoms with van der Waals surface area (Å²) in [6.45, 7) is 6.63. The molecule has 0 spiro atoms. The molecule has 1 amide bonds. The first-order valence-corrected chi connectivity index (χ1v) is 10.9. The largest absolute Gasteiger partial charge is 0.383 e. The third-order valence-corrected chi connectivity index (χ3v) is 6.07. The number of rotatable bonds is 6. The molecule has 0 aliphatic carbocycles. The molecular weight excluding hydrogens is 402 g/mol. The van der Waals surface area contributed by atoms with Gasteiger partial charge in [-0.15, -0.1) is 0 Å². The summed E-state index contributed by atoms with van der Waals surface area (Å²) in [5.74, 6) is 0.474. The van der Waals surface area contributed by atoms with Crippen molar-refractivity contribution in [2.45, 2.75) is 20.0 Å². The molecule has 0 unspecified atom stereocenters. The van der Waals surface area contributed by atoms with Gasteiger partial charge in [0.15, 0.2) is 0 Å². The number of fused-ring (bicyclic) bond motifs is 1. The van der Waals surface area contributed by atoms with E-state index >= 15 is 0 Å². The molecule has 32 heavy (non-hydrogen) atoms. The van der Waals surface area contributed by atoms with Crippen molar-refractivity contribution < 1.29 is 9.53 Å². The monoisotopic (exact) mass is 433 g/mol. The number of para-hydroxylation sites is 1. The number of nitrogen functional groups attached to an aromatic ring is 1. The van der Waals surface area contributed by atoms with Crippen molar-refractivity contribution in [1.82, 2.24) is 19.4 Å². The van der Waals surface area contributed by atoms with Crippen LogP contribution >= 0.6 is 0 Å². The van der Waals surface area contributed by atoms with Gasteiger partial charge in [0.2, 0.25) is 5.91 Å². The molecule has 168 valence electrons. The van der Waals surface area contributed by atoms with E-state index in [0.29, 0.717) is 12.4 Å². The third kappa shape index (κ3) is 4.84. The summed E-state index contributed by atoms with van der Waals surface area (Å²) in [5, 5.41) is 1.19. The molecule has 1 aliphatic heterocycles. The molecule has 0 radical (unpaired) electrons. The highest BCUT2D eigenvalue weighted by Gasteiger charge is 2.14. The number of benzene rings is 1. The van der Waals surface area contributed by atoms with Gasteiger partial charge in [-0.1, -0.05) is 18.2 Å². The average molecular weight is 434 g/mol. The number of carbonyl (C=O) groups excluding carboxylic acids is 1. The Hall–Kier alpha value is -3.16. The summed E-state index contributed by atoms with van der Waals surface area (Å²) in [4.78, 5) is 21.1. The second-order valence-electron chi connectivity index (χ2n) is 8.44. The van der Waals surface area contributed by atoms with E-state index in [1.807, 2.05) is 13.1 Å². The van der Waals surface area contributed by atoms with E-state index in [0.717, 1.165) is 49.7 Å². The first kappa shape index (κ1) is 22.0. The molecule has 7 nitrogen and oxygen atoms in total. The number of hydrogen-bond acceptors (Lipinski definition) is 5. The fourth-order valence-corrected chi connectivity index (χ4v) is 4.20. The lowest BCUT2D eigenvalue weighted by Gasteiger charge is -2.26. The standard InChI is InChI=1S/C25H31N5O2/c1-18-5-4-6-20-14-22(29(3)24(18)20)17-28(2)23(31)8-7-19-13-21(25(26)27-15-19)16-30-9-11-32-12-10-30/h4-8,13-15H,9-12,16-17H2,1-3H3,(H2,26,27). The number of nitrogens with zero attached hydrogens (tertiary/aromatic N) is 4. The van der Waals surface area contributed by atoms with Gasteiger partial charge in [-0.25, -0.2) is 4.98 Å². The minimum Gasteiger partial charge on any atom is -0.383 e. The zero-order valence-corrected chi connectivity index (χ0v) is 19.0. The van der Waals surface area contributed by atoms with Gasteiger partial charge < -0.3 is 19.9 Å². The molecule has 2 N–H and O–H groups in total. The summed E-state index contributed by atoms with van der Waals surface area (Å²) in [6.07, 6.45) is 5.11. The second kappa shape index (κ2) is 9.54. The second-order valence-corrected chi connectivity index (χ2v) is 8.44. The number of carbonyl (C=O) groups is 1. The average Bonchev–Trinajstić information content (AvgIpc) is 3.11. The van der Waals surface area contributed by atoms with Gasteiger partial charge in [0.1, 0.15) is 5.82 Å². The van der Waals surface area contributed by atoms with Crippen molar-refractivity contribution in [3.05, 3.63) is 65.0 Å². The zero-order chi connectivity index (χ0) is 22.7. The van der Waals surface area contributed by atoms with Crippen molar-refractivity contribution in [3.8, 4) is 0 Å². The summed E-state index contributed by atoms with van der Waals surface area (Å²) >= 11 is 0. The summed E-state index contributed by atoms with van der Waals surface area (Å²) in [7, 11) is 3.87. The van der Waals surface area contributed by atoms with Crippen LogP contribution in [0.15, 0.2) is 42.6 Å². The van der Waals surface area contributed by atoms with Gasteiger partial charge >= 0.3 is 0 Å². The van der Waals surface area contributed by atoms with E-state index in [1.54, 1.807) is 23.2 Å². The lowest BCUT2D eigenvalue weighted by atomic mass is 10.1. The van der Waals surface area contributed by atoms with Crippen molar-refractivity contribution in [2.75, 3.05) is 39.1 Å². The van der Waals surface area contributed by atoms with Crippen LogP contribution in [0.3, 0.4) is 0 Å². The number of amides is 1. The molecule has 0 bridgehead atoms. The van der Waals surface area contributed by atoms with Crippen molar-refractivity contribution in [1.29, 1.82) is 0 Å². The van der Waals surface area contributed by atoms with Crippen LogP contribution in [0.1, 0.15) is 22.4 Å². The fraction of sp³-hybridized carbons (Fsp3) is 0.360. The maximum Gasteiger partial charge on any atom is 0.246 e. The fourth-order valence-electron chi connectivity index (χ4n) is 4.20. The third-order valence-electron chi connectivity index (χ3n) is 6.07. The first-order valence-electron chi connectivity index (χ1n) is 10.9. The topological polar surface area (TPSA) is 76.6 Å². The number of ether oxygens (including phenoxy) is 1. The number of anilines is 1. The number of morpholine rings is 1. The number of aromatic nitrogens is 2. The predicted octanol–water partition coefficient (Wildman–Crippen LogP) is 2.97. The minimum atomic E-state index is -0.0569. The summed E-state index contributed by atoms with van der Waals surface area (Å²) < 4.78 is 7.57. The van der Waals surface area contributed by atoms with Gasteiger partial charge in [0, 0.05) is 62.6 Å². The van der Waals surface area contributed by atoms with Crippen molar-refractivity contribution in [2.24, 2.45) is 7.05 Å². The van der Waals surface area contributed by atoms with E-state index < -0.39 is 0 Å². The Bertz CT molecular complexity index is 1140. The van der Waals surface area contributed by atoms with Gasteiger partial charge in [0.05, 0.1) is 25.3 Å². The summed E-state index contributed by atoms with van der Waals surface area (Å²) in [5.41, 5.74) is 11.5. The summed E-state index contributed by atoms with van der Waals surface area (Å²) in [6, 6.07) is 10.4. The maximum absolute atomic E-state index is 12.7. The maximum atomic E-state index is 12.7. The Labute approximate surface area is 189 Å². The van der Waals surface area contributed by atoms with E-state index in [-0.39, 0.29) is 5.91 Å². The van der Waals surface area contributed by atoms with Crippen LogP contribution in [0.5, 0.6) is 0 Å². The Morgan fingerprint density at radius 3 is 2.81 bits per heavy atom. The number of likely N-dealkylation sites (N-methyl/N-ethyl adjacent to an activating group) is 1. The Morgan fingerprint density at radius 1 is 1.28 bits per heavy atom.